The van der Waals surface area contributed by atoms with Crippen molar-refractivity contribution in [1.29, 1.82) is 0 Å². The molecule has 1 fully saturated rings. The summed E-state index contributed by atoms with van der Waals surface area (Å²) in [7, 11) is 0. The van der Waals surface area contributed by atoms with E-state index in [0.717, 1.165) is 25.1 Å². The normalized spacial score (nSPS) is 16.8. The van der Waals surface area contributed by atoms with E-state index in [9.17, 15) is 9.90 Å². The highest BCUT2D eigenvalue weighted by molar-refractivity contribution is 5.93. The minimum atomic E-state index is -0.573. The number of pyridine rings is 1. The number of nitrogens with zero attached hydrogens (tertiary/aromatic N) is 4. The van der Waals surface area contributed by atoms with Crippen molar-refractivity contribution in [2.45, 2.75) is 32.3 Å². The van der Waals surface area contributed by atoms with Gasteiger partial charge in [-0.15, -0.1) is 0 Å². The average Bonchev–Trinajstić information content (AvgIpc) is 2.68. The highest BCUT2D eigenvalue weighted by atomic mass is 16.3. The van der Waals surface area contributed by atoms with Crippen LogP contribution in [0.1, 0.15) is 47.7 Å². The van der Waals surface area contributed by atoms with E-state index in [1.807, 2.05) is 30.0 Å². The first-order chi connectivity index (χ1) is 11.7. The monoisotopic (exact) mass is 326 g/mol. The molecule has 0 spiro atoms. The van der Waals surface area contributed by atoms with E-state index in [4.69, 9.17) is 0 Å². The van der Waals surface area contributed by atoms with Crippen LogP contribution in [0.2, 0.25) is 0 Å². The highest BCUT2D eigenvalue weighted by Gasteiger charge is 2.29. The van der Waals surface area contributed by atoms with Crippen molar-refractivity contribution in [3.05, 3.63) is 53.9 Å². The van der Waals surface area contributed by atoms with E-state index in [-0.39, 0.29) is 11.8 Å². The van der Waals surface area contributed by atoms with Gasteiger partial charge in [-0.25, -0.2) is 9.97 Å². The van der Waals surface area contributed by atoms with Gasteiger partial charge in [-0.2, -0.15) is 0 Å². The van der Waals surface area contributed by atoms with Crippen molar-refractivity contribution < 1.29 is 9.90 Å². The Kier molecular flexibility index (Phi) is 5.15. The number of piperidine rings is 1. The number of rotatable bonds is 4. The minimum Gasteiger partial charge on any atom is -0.387 e. The minimum absolute atomic E-state index is 0.0385. The van der Waals surface area contributed by atoms with Crippen LogP contribution in [0.4, 0.5) is 0 Å². The van der Waals surface area contributed by atoms with Gasteiger partial charge in [0.1, 0.15) is 5.82 Å². The summed E-state index contributed by atoms with van der Waals surface area (Å²) in [5.74, 6) is 0.829. The summed E-state index contributed by atoms with van der Waals surface area (Å²) >= 11 is 0. The van der Waals surface area contributed by atoms with Crippen molar-refractivity contribution in [2.75, 3.05) is 13.1 Å². The fourth-order valence-corrected chi connectivity index (χ4v) is 3.04. The summed E-state index contributed by atoms with van der Waals surface area (Å²) in [5, 5.41) is 10.5. The summed E-state index contributed by atoms with van der Waals surface area (Å²) in [6.07, 6.45) is 6.60. The Morgan fingerprint density at radius 3 is 2.54 bits per heavy atom. The van der Waals surface area contributed by atoms with E-state index < -0.39 is 6.10 Å². The lowest BCUT2D eigenvalue weighted by Gasteiger charge is -2.34. The van der Waals surface area contributed by atoms with Gasteiger partial charge >= 0.3 is 0 Å². The zero-order valence-corrected chi connectivity index (χ0v) is 13.8. The quantitative estimate of drug-likeness (QED) is 0.930. The van der Waals surface area contributed by atoms with Crippen LogP contribution in [0.3, 0.4) is 0 Å². The van der Waals surface area contributed by atoms with Gasteiger partial charge in [0, 0.05) is 38.1 Å². The van der Waals surface area contributed by atoms with Gasteiger partial charge < -0.3 is 10.0 Å². The van der Waals surface area contributed by atoms with Crippen LogP contribution in [0.15, 0.2) is 36.8 Å². The van der Waals surface area contributed by atoms with Crippen molar-refractivity contribution in [3.63, 3.8) is 0 Å². The molecule has 126 valence electrons. The van der Waals surface area contributed by atoms with Crippen LogP contribution in [0.5, 0.6) is 0 Å². The van der Waals surface area contributed by atoms with Gasteiger partial charge in [0.2, 0.25) is 0 Å². The molecule has 1 aliphatic heterocycles. The number of likely N-dealkylation sites (tertiary alicyclic amines) is 1. The van der Waals surface area contributed by atoms with Crippen LogP contribution in [0.25, 0.3) is 0 Å². The molecule has 1 atom stereocenters. The molecule has 0 aromatic carbocycles. The molecule has 6 heteroatoms. The van der Waals surface area contributed by atoms with Crippen molar-refractivity contribution in [2.24, 2.45) is 5.92 Å². The fraction of sp³-hybridized carbons (Fsp3) is 0.444. The Balaban J connectivity index is 1.59. The number of amides is 1. The van der Waals surface area contributed by atoms with E-state index in [0.29, 0.717) is 24.3 Å². The van der Waals surface area contributed by atoms with Gasteiger partial charge in [0.05, 0.1) is 17.4 Å². The number of aromatic nitrogens is 3. The molecule has 0 saturated carbocycles. The summed E-state index contributed by atoms with van der Waals surface area (Å²) in [6.45, 7) is 3.24. The van der Waals surface area contributed by atoms with Gasteiger partial charge in [0.25, 0.3) is 5.91 Å². The first kappa shape index (κ1) is 16.5. The van der Waals surface area contributed by atoms with Gasteiger partial charge in [-0.3, -0.25) is 9.78 Å². The third kappa shape index (κ3) is 3.59. The Labute approximate surface area is 141 Å². The Bertz CT molecular complexity index is 667. The van der Waals surface area contributed by atoms with Crippen LogP contribution in [-0.2, 0) is 6.42 Å². The summed E-state index contributed by atoms with van der Waals surface area (Å²) in [4.78, 5) is 26.9. The second-order valence-corrected chi connectivity index (χ2v) is 6.07. The molecule has 3 heterocycles. The first-order valence-electron chi connectivity index (χ1n) is 8.38. The van der Waals surface area contributed by atoms with E-state index in [1.165, 1.54) is 0 Å². The Morgan fingerprint density at radius 2 is 1.96 bits per heavy atom. The van der Waals surface area contributed by atoms with Crippen LogP contribution >= 0.6 is 0 Å². The maximum Gasteiger partial charge on any atom is 0.256 e. The van der Waals surface area contributed by atoms with E-state index >= 15 is 0 Å². The molecule has 0 radical (unpaired) electrons. The molecule has 0 bridgehead atoms. The van der Waals surface area contributed by atoms with Crippen molar-refractivity contribution in [3.8, 4) is 0 Å². The second-order valence-electron chi connectivity index (χ2n) is 6.07. The SMILES string of the molecule is CCc1ncc(C(=O)N2CCC([C@@H](O)c3ccccn3)CC2)cn1. The third-order valence-corrected chi connectivity index (χ3v) is 4.53. The lowest BCUT2D eigenvalue weighted by molar-refractivity contribution is 0.0447. The smallest absolute Gasteiger partial charge is 0.256 e. The van der Waals surface area contributed by atoms with Crippen LogP contribution < -0.4 is 0 Å². The topological polar surface area (TPSA) is 79.2 Å². The summed E-state index contributed by atoms with van der Waals surface area (Å²) in [5.41, 5.74) is 1.22. The van der Waals surface area contributed by atoms with E-state index in [1.54, 1.807) is 18.6 Å². The molecule has 1 N–H and O–H groups in total. The predicted octanol–water partition coefficient (Wildman–Crippen LogP) is 2.02. The standard InChI is InChI=1S/C18H22N4O2/c1-2-16-20-11-14(12-21-16)18(24)22-9-6-13(7-10-22)17(23)15-5-3-4-8-19-15/h3-5,8,11-13,17,23H,2,6-7,9-10H2,1H3/t17-/m1/s1. The number of carbonyl (C=O) groups excluding carboxylic acids is 1. The molecular weight excluding hydrogens is 304 g/mol. The molecular formula is C18H22N4O2. The molecule has 2 aromatic rings. The fourth-order valence-electron chi connectivity index (χ4n) is 3.04. The molecule has 1 aliphatic rings. The van der Waals surface area contributed by atoms with Crippen LogP contribution in [0, 0.1) is 5.92 Å². The highest BCUT2D eigenvalue weighted by Crippen LogP contribution is 2.30. The zero-order chi connectivity index (χ0) is 16.9. The number of aryl methyl sites for hydroxylation is 1. The summed E-state index contributed by atoms with van der Waals surface area (Å²) in [6, 6.07) is 5.56. The molecule has 0 aliphatic carbocycles. The van der Waals surface area contributed by atoms with Gasteiger partial charge in [0.15, 0.2) is 0 Å². The number of carbonyl (C=O) groups is 1. The van der Waals surface area contributed by atoms with Crippen LogP contribution in [-0.4, -0.2) is 44.0 Å². The maximum atomic E-state index is 12.5. The van der Waals surface area contributed by atoms with Crippen molar-refractivity contribution in [1.82, 2.24) is 19.9 Å². The maximum absolute atomic E-state index is 12.5. The Hall–Kier alpha value is -2.34. The molecule has 1 amide bonds. The van der Waals surface area contributed by atoms with E-state index in [2.05, 4.69) is 15.0 Å². The lowest BCUT2D eigenvalue weighted by Crippen LogP contribution is -2.40. The molecule has 6 nitrogen and oxygen atoms in total. The Morgan fingerprint density at radius 1 is 1.25 bits per heavy atom. The first-order valence-corrected chi connectivity index (χ1v) is 8.38. The average molecular weight is 326 g/mol. The second kappa shape index (κ2) is 7.49. The number of hydrogen-bond donors (Lipinski definition) is 1. The molecule has 3 rings (SSSR count). The molecule has 24 heavy (non-hydrogen) atoms. The number of aliphatic hydroxyl groups excluding tert-OH is 1. The number of hydrogen-bond acceptors (Lipinski definition) is 5. The molecule has 1 saturated heterocycles. The number of aliphatic hydroxyl groups is 1. The van der Waals surface area contributed by atoms with Gasteiger partial charge in [-0.05, 0) is 30.9 Å². The molecule has 2 aromatic heterocycles. The summed E-state index contributed by atoms with van der Waals surface area (Å²) < 4.78 is 0. The van der Waals surface area contributed by atoms with Gasteiger partial charge in [-0.1, -0.05) is 13.0 Å². The van der Waals surface area contributed by atoms with Crippen molar-refractivity contribution >= 4 is 5.91 Å². The third-order valence-electron chi connectivity index (χ3n) is 4.53. The largest absolute Gasteiger partial charge is 0.387 e. The zero-order valence-electron chi connectivity index (χ0n) is 13.8. The lowest BCUT2D eigenvalue weighted by atomic mass is 9.89. The predicted molar refractivity (Wildman–Crippen MR) is 89.2 cm³/mol. The molecule has 0 unspecified atom stereocenters.